The maximum atomic E-state index is 4.00. The number of aromatic nitrogens is 2. The van der Waals surface area contributed by atoms with Crippen molar-refractivity contribution < 1.29 is 0 Å². The third-order valence-corrected chi connectivity index (χ3v) is 3.55. The number of rotatable bonds is 6. The summed E-state index contributed by atoms with van der Waals surface area (Å²) in [5, 5.41) is 10.4. The number of nitrogens with one attached hydrogen (secondary N) is 2. The van der Waals surface area contributed by atoms with Gasteiger partial charge >= 0.3 is 0 Å². The van der Waals surface area contributed by atoms with E-state index < -0.39 is 0 Å². The predicted octanol–water partition coefficient (Wildman–Crippen LogP) is 2.60. The van der Waals surface area contributed by atoms with Crippen LogP contribution in [0.15, 0.2) is 41.4 Å². The normalized spacial score (nSPS) is 10.6. The van der Waals surface area contributed by atoms with Crippen LogP contribution in [0.4, 0.5) is 0 Å². The van der Waals surface area contributed by atoms with Crippen molar-refractivity contribution in [2.75, 3.05) is 12.3 Å². The summed E-state index contributed by atoms with van der Waals surface area (Å²) in [6, 6.07) is 10.5. The smallest absolute Gasteiger partial charge is 0.0535 e. The molecule has 0 aliphatic rings. The zero-order chi connectivity index (χ0) is 11.9. The van der Waals surface area contributed by atoms with Gasteiger partial charge in [0.15, 0.2) is 0 Å². The Morgan fingerprint density at radius 3 is 2.82 bits per heavy atom. The lowest BCUT2D eigenvalue weighted by Gasteiger charge is -2.04. The van der Waals surface area contributed by atoms with Crippen molar-refractivity contribution in [3.8, 4) is 0 Å². The molecule has 0 spiro atoms. The molecule has 0 unspecified atom stereocenters. The van der Waals surface area contributed by atoms with Gasteiger partial charge in [0.05, 0.1) is 6.20 Å². The van der Waals surface area contributed by atoms with Gasteiger partial charge in [-0.2, -0.15) is 5.10 Å². The summed E-state index contributed by atoms with van der Waals surface area (Å²) in [4.78, 5) is 1.33. The Hall–Kier alpha value is -1.26. The van der Waals surface area contributed by atoms with E-state index >= 15 is 0 Å². The predicted molar refractivity (Wildman–Crippen MR) is 72.2 cm³/mol. The van der Waals surface area contributed by atoms with E-state index in [1.165, 1.54) is 10.5 Å². The first kappa shape index (κ1) is 12.2. The molecular weight excluding hydrogens is 230 g/mol. The fraction of sp³-hybridized carbons (Fsp3) is 0.308. The Morgan fingerprint density at radius 2 is 2.12 bits per heavy atom. The topological polar surface area (TPSA) is 40.7 Å². The Morgan fingerprint density at radius 1 is 1.29 bits per heavy atom. The second-order valence-corrected chi connectivity index (χ2v) is 5.03. The molecule has 0 aliphatic heterocycles. The van der Waals surface area contributed by atoms with Gasteiger partial charge in [0, 0.05) is 35.0 Å². The number of hydrogen-bond acceptors (Lipinski definition) is 3. The molecule has 0 aliphatic carbocycles. The van der Waals surface area contributed by atoms with Crippen molar-refractivity contribution in [3.63, 3.8) is 0 Å². The van der Waals surface area contributed by atoms with Gasteiger partial charge in [-0.05, 0) is 19.1 Å². The summed E-state index contributed by atoms with van der Waals surface area (Å²) in [6.07, 6.45) is 1.88. The third-order valence-electron chi connectivity index (χ3n) is 2.54. The summed E-state index contributed by atoms with van der Waals surface area (Å²) < 4.78 is 0. The molecule has 4 heteroatoms. The molecule has 0 fully saturated rings. The van der Waals surface area contributed by atoms with Crippen LogP contribution in [-0.4, -0.2) is 22.5 Å². The second kappa shape index (κ2) is 6.47. The van der Waals surface area contributed by atoms with E-state index in [0.717, 1.165) is 24.5 Å². The number of aryl methyl sites for hydroxylation is 1. The van der Waals surface area contributed by atoms with Crippen LogP contribution in [0, 0.1) is 6.92 Å². The summed E-state index contributed by atoms with van der Waals surface area (Å²) in [5.74, 6) is 1.08. The maximum absolute atomic E-state index is 4.00. The van der Waals surface area contributed by atoms with Crippen LogP contribution in [0.1, 0.15) is 11.3 Å². The molecule has 3 nitrogen and oxygen atoms in total. The number of nitrogens with zero attached hydrogens (tertiary/aromatic N) is 1. The van der Waals surface area contributed by atoms with Crippen LogP contribution in [0.2, 0.25) is 0 Å². The summed E-state index contributed by atoms with van der Waals surface area (Å²) >= 11 is 1.88. The summed E-state index contributed by atoms with van der Waals surface area (Å²) in [7, 11) is 0. The standard InChI is InChI=1S/C13H17N3S/c1-11-12(10-15-16-11)9-14-7-8-17-13-5-3-2-4-6-13/h2-6,10,14H,7-9H2,1H3,(H,15,16). The van der Waals surface area contributed by atoms with E-state index in [0.29, 0.717) is 0 Å². The first-order valence-corrected chi connectivity index (χ1v) is 6.72. The van der Waals surface area contributed by atoms with Crippen LogP contribution >= 0.6 is 11.8 Å². The van der Waals surface area contributed by atoms with Gasteiger partial charge in [0.25, 0.3) is 0 Å². The molecule has 17 heavy (non-hydrogen) atoms. The van der Waals surface area contributed by atoms with Crippen LogP contribution < -0.4 is 5.32 Å². The SMILES string of the molecule is Cc1[nH]ncc1CNCCSc1ccccc1. The van der Waals surface area contributed by atoms with Crippen molar-refractivity contribution in [2.24, 2.45) is 0 Å². The molecular formula is C13H17N3S. The van der Waals surface area contributed by atoms with E-state index in [2.05, 4.69) is 39.8 Å². The molecule has 1 aromatic carbocycles. The van der Waals surface area contributed by atoms with Crippen LogP contribution in [-0.2, 0) is 6.54 Å². The summed E-state index contributed by atoms with van der Waals surface area (Å²) in [5.41, 5.74) is 2.39. The maximum Gasteiger partial charge on any atom is 0.0535 e. The highest BCUT2D eigenvalue weighted by molar-refractivity contribution is 7.99. The number of hydrogen-bond donors (Lipinski definition) is 2. The zero-order valence-corrected chi connectivity index (χ0v) is 10.8. The Balaban J connectivity index is 1.63. The average Bonchev–Trinajstić information content (AvgIpc) is 2.76. The second-order valence-electron chi connectivity index (χ2n) is 3.86. The third kappa shape index (κ3) is 3.91. The number of benzene rings is 1. The minimum atomic E-state index is 0.887. The molecule has 0 bridgehead atoms. The van der Waals surface area contributed by atoms with E-state index in [9.17, 15) is 0 Å². The van der Waals surface area contributed by atoms with Crippen LogP contribution in [0.3, 0.4) is 0 Å². The minimum absolute atomic E-state index is 0.887. The molecule has 1 heterocycles. The van der Waals surface area contributed by atoms with E-state index in [1.807, 2.05) is 30.9 Å². The lowest BCUT2D eigenvalue weighted by atomic mass is 10.3. The van der Waals surface area contributed by atoms with Crippen LogP contribution in [0.25, 0.3) is 0 Å². The molecule has 2 N–H and O–H groups in total. The highest BCUT2D eigenvalue weighted by Gasteiger charge is 1.98. The molecule has 0 atom stereocenters. The Labute approximate surface area is 106 Å². The lowest BCUT2D eigenvalue weighted by molar-refractivity contribution is 0.729. The number of aromatic amines is 1. The van der Waals surface area contributed by atoms with Gasteiger partial charge in [-0.15, -0.1) is 11.8 Å². The van der Waals surface area contributed by atoms with E-state index in [4.69, 9.17) is 0 Å². The fourth-order valence-corrected chi connectivity index (χ4v) is 2.37. The number of H-pyrrole nitrogens is 1. The molecule has 0 radical (unpaired) electrons. The van der Waals surface area contributed by atoms with Gasteiger partial charge in [-0.25, -0.2) is 0 Å². The van der Waals surface area contributed by atoms with Gasteiger partial charge in [0.2, 0.25) is 0 Å². The van der Waals surface area contributed by atoms with Gasteiger partial charge in [-0.1, -0.05) is 18.2 Å². The number of thioether (sulfide) groups is 1. The first-order chi connectivity index (χ1) is 8.36. The molecule has 90 valence electrons. The molecule has 1 aromatic heterocycles. The van der Waals surface area contributed by atoms with Crippen molar-refractivity contribution >= 4 is 11.8 Å². The van der Waals surface area contributed by atoms with E-state index in [-0.39, 0.29) is 0 Å². The van der Waals surface area contributed by atoms with Gasteiger partial charge in [0.1, 0.15) is 0 Å². The minimum Gasteiger partial charge on any atom is -0.312 e. The van der Waals surface area contributed by atoms with E-state index in [1.54, 1.807) is 0 Å². The fourth-order valence-electron chi connectivity index (χ4n) is 1.53. The summed E-state index contributed by atoms with van der Waals surface area (Å²) in [6.45, 7) is 3.94. The quantitative estimate of drug-likeness (QED) is 0.609. The van der Waals surface area contributed by atoms with Crippen LogP contribution in [0.5, 0.6) is 0 Å². The monoisotopic (exact) mass is 247 g/mol. The van der Waals surface area contributed by atoms with Gasteiger partial charge in [-0.3, -0.25) is 5.10 Å². The molecule has 2 rings (SSSR count). The largest absolute Gasteiger partial charge is 0.312 e. The van der Waals surface area contributed by atoms with Crippen molar-refractivity contribution in [2.45, 2.75) is 18.4 Å². The highest BCUT2D eigenvalue weighted by Crippen LogP contribution is 2.15. The Kier molecular flexibility index (Phi) is 4.64. The van der Waals surface area contributed by atoms with Crippen molar-refractivity contribution in [1.29, 1.82) is 0 Å². The van der Waals surface area contributed by atoms with Gasteiger partial charge < -0.3 is 5.32 Å². The zero-order valence-electron chi connectivity index (χ0n) is 9.94. The Bertz CT molecular complexity index is 439. The van der Waals surface area contributed by atoms with Crippen molar-refractivity contribution in [1.82, 2.24) is 15.5 Å². The first-order valence-electron chi connectivity index (χ1n) is 5.73. The van der Waals surface area contributed by atoms with Crippen molar-refractivity contribution in [3.05, 3.63) is 47.8 Å². The molecule has 2 aromatic rings. The molecule has 0 saturated heterocycles. The molecule has 0 amide bonds. The highest BCUT2D eigenvalue weighted by atomic mass is 32.2. The average molecular weight is 247 g/mol. The molecule has 0 saturated carbocycles. The lowest BCUT2D eigenvalue weighted by Crippen LogP contribution is -2.16.